The van der Waals surface area contributed by atoms with Gasteiger partial charge in [-0.3, -0.25) is 20.2 Å². The van der Waals surface area contributed by atoms with Gasteiger partial charge in [-0.2, -0.15) is 13.2 Å². The monoisotopic (exact) mass is 331 g/mol. The minimum Gasteiger partial charge on any atom is -0.357 e. The second kappa shape index (κ2) is 5.07. The van der Waals surface area contributed by atoms with Crippen LogP contribution in [0.25, 0.3) is 0 Å². The Morgan fingerprint density at radius 2 is 1.65 bits per heavy atom. The van der Waals surface area contributed by atoms with Crippen LogP contribution in [0.5, 0.6) is 0 Å². The Balaban J connectivity index is 2.20. The van der Waals surface area contributed by atoms with E-state index in [4.69, 9.17) is 0 Å². The predicted octanol–water partition coefficient (Wildman–Crippen LogP) is 3.51. The lowest BCUT2D eigenvalue weighted by Crippen LogP contribution is -2.33. The van der Waals surface area contributed by atoms with Crippen LogP contribution in [-0.4, -0.2) is 22.4 Å². The molecule has 1 saturated carbocycles. The van der Waals surface area contributed by atoms with Crippen LogP contribution in [0.1, 0.15) is 24.8 Å². The summed E-state index contributed by atoms with van der Waals surface area (Å²) in [6.07, 6.45) is -2.46. The first-order chi connectivity index (χ1) is 10.7. The number of rotatable bonds is 3. The number of benzene rings is 1. The maximum Gasteiger partial charge on any atom is 0.416 e. The van der Waals surface area contributed by atoms with Gasteiger partial charge >= 0.3 is 6.18 Å². The second-order valence-corrected chi connectivity index (χ2v) is 5.86. The third-order valence-electron chi connectivity index (χ3n) is 4.49. The molecule has 3 rings (SSSR count). The summed E-state index contributed by atoms with van der Waals surface area (Å²) < 4.78 is 38.6. The lowest BCUT2D eigenvalue weighted by Gasteiger charge is -2.28. The quantitative estimate of drug-likeness (QED) is 0.624. The van der Waals surface area contributed by atoms with E-state index >= 15 is 0 Å². The minimum absolute atomic E-state index is 0.0888. The first-order valence-corrected chi connectivity index (χ1v) is 6.99. The molecule has 0 amide bonds. The molecule has 2 bridgehead atoms. The molecule has 1 aliphatic heterocycles. The molecule has 10 heteroatoms. The lowest BCUT2D eigenvalue weighted by molar-refractivity contribution is -0.393. The van der Waals surface area contributed by atoms with E-state index in [1.165, 1.54) is 4.90 Å². The van der Waals surface area contributed by atoms with E-state index < -0.39 is 33.0 Å². The number of piperidine rings is 1. The number of hydrogen-bond acceptors (Lipinski definition) is 5. The van der Waals surface area contributed by atoms with Gasteiger partial charge in [0.05, 0.1) is 15.4 Å². The van der Waals surface area contributed by atoms with Crippen LogP contribution in [0.3, 0.4) is 0 Å². The number of nitrogens with zero attached hydrogens (tertiary/aromatic N) is 3. The standard InChI is InChI=1S/C13H12F3N3O4/c14-13(15,16)8-4-10(18(20)21)12(11(5-8)19(22)23)17-6-7-1-2-9(17)3-7/h4-5,7,9H,1-3,6H2. The van der Waals surface area contributed by atoms with Gasteiger partial charge in [0.15, 0.2) is 5.69 Å². The fourth-order valence-electron chi connectivity index (χ4n) is 3.54. The van der Waals surface area contributed by atoms with Gasteiger partial charge in [0.1, 0.15) is 0 Å². The van der Waals surface area contributed by atoms with E-state index in [1.54, 1.807) is 0 Å². The number of halogens is 3. The van der Waals surface area contributed by atoms with Crippen molar-refractivity contribution < 1.29 is 23.0 Å². The van der Waals surface area contributed by atoms with Crippen LogP contribution in [0, 0.1) is 26.1 Å². The zero-order valence-corrected chi connectivity index (χ0v) is 11.7. The van der Waals surface area contributed by atoms with Gasteiger partial charge in [-0.05, 0) is 25.2 Å². The molecule has 2 aliphatic rings. The van der Waals surface area contributed by atoms with Crippen molar-refractivity contribution in [2.75, 3.05) is 11.4 Å². The van der Waals surface area contributed by atoms with Crippen molar-refractivity contribution in [1.29, 1.82) is 0 Å². The number of hydrogen-bond donors (Lipinski definition) is 0. The summed E-state index contributed by atoms with van der Waals surface area (Å²) in [4.78, 5) is 22.0. The molecule has 2 atom stereocenters. The molecular formula is C13H12F3N3O4. The molecule has 2 fully saturated rings. The normalized spacial score (nSPS) is 23.3. The molecular weight excluding hydrogens is 319 g/mol. The molecule has 0 N–H and O–H groups in total. The summed E-state index contributed by atoms with van der Waals surface area (Å²) in [7, 11) is 0. The number of nitro groups is 2. The van der Waals surface area contributed by atoms with Crippen molar-refractivity contribution in [1.82, 2.24) is 0 Å². The summed E-state index contributed by atoms with van der Waals surface area (Å²) in [5, 5.41) is 22.5. The van der Waals surface area contributed by atoms with E-state index in [9.17, 15) is 33.4 Å². The van der Waals surface area contributed by atoms with E-state index in [0.29, 0.717) is 18.7 Å². The Labute approximate surface area is 128 Å². The summed E-state index contributed by atoms with van der Waals surface area (Å²) in [6.45, 7) is 0.401. The maximum atomic E-state index is 12.9. The number of alkyl halides is 3. The van der Waals surface area contributed by atoms with Gasteiger partial charge < -0.3 is 4.90 Å². The topological polar surface area (TPSA) is 89.5 Å². The SMILES string of the molecule is O=[N+]([O-])c1cc(C(F)(F)F)cc([N+](=O)[O-])c1N1CC2CCC1C2. The van der Waals surface area contributed by atoms with Crippen molar-refractivity contribution >= 4 is 17.1 Å². The molecule has 1 aromatic rings. The fraction of sp³-hybridized carbons (Fsp3) is 0.538. The lowest BCUT2D eigenvalue weighted by atomic mass is 10.1. The Bertz CT molecular complexity index is 657. The Morgan fingerprint density at radius 1 is 1.09 bits per heavy atom. The van der Waals surface area contributed by atoms with Crippen LogP contribution >= 0.6 is 0 Å². The molecule has 23 heavy (non-hydrogen) atoms. The van der Waals surface area contributed by atoms with Gasteiger partial charge in [0.2, 0.25) is 0 Å². The largest absolute Gasteiger partial charge is 0.416 e. The molecule has 124 valence electrons. The molecule has 7 nitrogen and oxygen atoms in total. The van der Waals surface area contributed by atoms with E-state index in [-0.39, 0.29) is 17.6 Å². The Hall–Kier alpha value is -2.39. The molecule has 1 aliphatic carbocycles. The highest BCUT2D eigenvalue weighted by molar-refractivity contribution is 5.77. The van der Waals surface area contributed by atoms with Crippen molar-refractivity contribution in [3.63, 3.8) is 0 Å². The van der Waals surface area contributed by atoms with Gasteiger partial charge in [-0.1, -0.05) is 0 Å². The molecule has 0 radical (unpaired) electrons. The number of nitro benzene ring substituents is 2. The zero-order valence-electron chi connectivity index (χ0n) is 11.7. The molecule has 1 aromatic carbocycles. The Morgan fingerprint density at radius 3 is 2.00 bits per heavy atom. The molecule has 0 aromatic heterocycles. The van der Waals surface area contributed by atoms with Crippen molar-refractivity contribution in [3.8, 4) is 0 Å². The molecule has 1 saturated heterocycles. The highest BCUT2D eigenvalue weighted by atomic mass is 19.4. The van der Waals surface area contributed by atoms with Gasteiger partial charge in [-0.15, -0.1) is 0 Å². The third-order valence-corrected chi connectivity index (χ3v) is 4.49. The van der Waals surface area contributed by atoms with Crippen LogP contribution in [0.15, 0.2) is 12.1 Å². The van der Waals surface area contributed by atoms with Crippen LogP contribution in [-0.2, 0) is 6.18 Å². The van der Waals surface area contributed by atoms with Crippen molar-refractivity contribution in [2.24, 2.45) is 5.92 Å². The fourth-order valence-corrected chi connectivity index (χ4v) is 3.54. The average Bonchev–Trinajstić information content (AvgIpc) is 3.07. The van der Waals surface area contributed by atoms with Gasteiger partial charge in [0, 0.05) is 24.7 Å². The smallest absolute Gasteiger partial charge is 0.357 e. The predicted molar refractivity (Wildman–Crippen MR) is 73.2 cm³/mol. The summed E-state index contributed by atoms with van der Waals surface area (Å²) in [5.41, 5.74) is -3.41. The van der Waals surface area contributed by atoms with Crippen LogP contribution in [0.2, 0.25) is 0 Å². The molecule has 2 unspecified atom stereocenters. The van der Waals surface area contributed by atoms with E-state index in [0.717, 1.165) is 19.3 Å². The Kier molecular flexibility index (Phi) is 3.42. The average molecular weight is 331 g/mol. The third kappa shape index (κ3) is 2.57. The van der Waals surface area contributed by atoms with Crippen LogP contribution in [0.4, 0.5) is 30.2 Å². The summed E-state index contributed by atoms with van der Waals surface area (Å²) in [5.74, 6) is 0.279. The van der Waals surface area contributed by atoms with Crippen molar-refractivity contribution in [2.45, 2.75) is 31.5 Å². The van der Waals surface area contributed by atoms with Gasteiger partial charge in [0.25, 0.3) is 11.4 Å². The first kappa shape index (κ1) is 15.5. The zero-order chi connectivity index (χ0) is 16.9. The number of fused-ring (bicyclic) bond motifs is 2. The highest BCUT2D eigenvalue weighted by Crippen LogP contribution is 2.48. The second-order valence-electron chi connectivity index (χ2n) is 5.86. The first-order valence-electron chi connectivity index (χ1n) is 6.99. The maximum absolute atomic E-state index is 12.9. The van der Waals surface area contributed by atoms with E-state index in [2.05, 4.69) is 0 Å². The molecule has 1 heterocycles. The summed E-state index contributed by atoms with van der Waals surface area (Å²) >= 11 is 0. The van der Waals surface area contributed by atoms with Gasteiger partial charge in [-0.25, -0.2) is 0 Å². The molecule has 0 spiro atoms. The highest BCUT2D eigenvalue weighted by Gasteiger charge is 2.45. The summed E-state index contributed by atoms with van der Waals surface area (Å²) in [6, 6.07) is 0.678. The minimum atomic E-state index is -4.89. The van der Waals surface area contributed by atoms with E-state index in [1.807, 2.05) is 0 Å². The van der Waals surface area contributed by atoms with Crippen molar-refractivity contribution in [3.05, 3.63) is 37.9 Å². The number of anilines is 1. The van der Waals surface area contributed by atoms with Crippen LogP contribution < -0.4 is 4.90 Å².